The lowest BCUT2D eigenvalue weighted by atomic mass is 9.99. The SMILES string of the molecule is CC(=O)CCOCCOCCOCCOCCNC(=O)COC1CCCCCC2=C1NNN2C(C)C. The number of hydrazine groups is 2. The van der Waals surface area contributed by atoms with E-state index in [1.54, 1.807) is 6.92 Å². The number of Topliss-reactive ketones (excluding diaryl/α,β-unsaturated/α-hetero) is 1. The maximum atomic E-state index is 12.2. The fourth-order valence-corrected chi connectivity index (χ4v) is 3.93. The molecule has 0 aromatic carbocycles. The van der Waals surface area contributed by atoms with E-state index in [1.807, 2.05) is 0 Å². The molecular weight excluding hydrogens is 468 g/mol. The second-order valence-corrected chi connectivity index (χ2v) is 9.21. The monoisotopic (exact) mass is 514 g/mol. The number of amides is 1. The lowest BCUT2D eigenvalue weighted by Crippen LogP contribution is -2.42. The first-order valence-corrected chi connectivity index (χ1v) is 13.2. The first kappa shape index (κ1) is 30.5. The fourth-order valence-electron chi connectivity index (χ4n) is 3.93. The summed E-state index contributed by atoms with van der Waals surface area (Å²) in [5, 5.41) is 4.99. The van der Waals surface area contributed by atoms with Crippen LogP contribution in [0.2, 0.25) is 0 Å². The van der Waals surface area contributed by atoms with Crippen molar-refractivity contribution in [3.05, 3.63) is 11.4 Å². The highest BCUT2D eigenvalue weighted by atomic mass is 16.6. The largest absolute Gasteiger partial charge is 0.379 e. The molecule has 2 aliphatic rings. The Kier molecular flexibility index (Phi) is 15.6. The average molecular weight is 515 g/mol. The Balaban J connectivity index is 1.45. The highest BCUT2D eigenvalue weighted by Gasteiger charge is 2.30. The maximum absolute atomic E-state index is 12.2. The van der Waals surface area contributed by atoms with Gasteiger partial charge in [0.1, 0.15) is 18.5 Å². The number of nitrogens with zero attached hydrogens (tertiary/aromatic N) is 1. The third-order valence-corrected chi connectivity index (χ3v) is 5.83. The topological polar surface area (TPSA) is 120 Å². The minimum Gasteiger partial charge on any atom is -0.379 e. The molecule has 36 heavy (non-hydrogen) atoms. The van der Waals surface area contributed by atoms with Crippen molar-refractivity contribution in [1.82, 2.24) is 21.3 Å². The van der Waals surface area contributed by atoms with Gasteiger partial charge in [-0.1, -0.05) is 12.8 Å². The molecule has 0 spiro atoms. The van der Waals surface area contributed by atoms with Crippen LogP contribution in [0.25, 0.3) is 0 Å². The first-order chi connectivity index (χ1) is 17.5. The highest BCUT2D eigenvalue weighted by molar-refractivity contribution is 5.77. The summed E-state index contributed by atoms with van der Waals surface area (Å²) >= 11 is 0. The van der Waals surface area contributed by atoms with Crippen LogP contribution in [0, 0.1) is 0 Å². The van der Waals surface area contributed by atoms with Gasteiger partial charge in [0.05, 0.1) is 64.2 Å². The molecule has 3 N–H and O–H groups in total. The van der Waals surface area contributed by atoms with Crippen LogP contribution in [-0.2, 0) is 33.3 Å². The van der Waals surface area contributed by atoms with Gasteiger partial charge in [-0.05, 0) is 40.0 Å². The van der Waals surface area contributed by atoms with Crippen LogP contribution >= 0.6 is 0 Å². The van der Waals surface area contributed by atoms with Crippen LogP contribution < -0.4 is 16.3 Å². The van der Waals surface area contributed by atoms with E-state index in [9.17, 15) is 9.59 Å². The third-order valence-electron chi connectivity index (χ3n) is 5.83. The lowest BCUT2D eigenvalue weighted by molar-refractivity contribution is -0.127. The summed E-state index contributed by atoms with van der Waals surface area (Å²) in [5.74, 6) is -0.0224. The van der Waals surface area contributed by atoms with Crippen molar-refractivity contribution in [3.63, 3.8) is 0 Å². The maximum Gasteiger partial charge on any atom is 0.246 e. The molecule has 11 heteroatoms. The molecular formula is C25H46N4O7. The Morgan fingerprint density at radius 2 is 1.58 bits per heavy atom. The summed E-state index contributed by atoms with van der Waals surface area (Å²) in [6.07, 6.45) is 5.65. The number of rotatable bonds is 19. The van der Waals surface area contributed by atoms with Gasteiger partial charge in [0, 0.05) is 19.0 Å². The quantitative estimate of drug-likeness (QED) is 0.219. The van der Waals surface area contributed by atoms with Gasteiger partial charge < -0.3 is 34.4 Å². The van der Waals surface area contributed by atoms with E-state index in [-0.39, 0.29) is 24.4 Å². The van der Waals surface area contributed by atoms with E-state index in [4.69, 9.17) is 23.7 Å². The summed E-state index contributed by atoms with van der Waals surface area (Å²) < 4.78 is 27.6. The van der Waals surface area contributed by atoms with Crippen LogP contribution in [0.4, 0.5) is 0 Å². The molecule has 0 fully saturated rings. The van der Waals surface area contributed by atoms with Crippen molar-refractivity contribution in [2.24, 2.45) is 0 Å². The molecule has 0 saturated heterocycles. The molecule has 0 saturated carbocycles. The molecule has 0 aromatic rings. The molecule has 0 aromatic heterocycles. The predicted octanol–water partition coefficient (Wildman–Crippen LogP) is 1.44. The number of hydrogen-bond donors (Lipinski definition) is 3. The number of hydrogen-bond acceptors (Lipinski definition) is 10. The minimum absolute atomic E-state index is 0.0235. The Hall–Kier alpha value is -1.76. The summed E-state index contributed by atoms with van der Waals surface area (Å²) in [5.41, 5.74) is 8.81. The molecule has 11 nitrogen and oxygen atoms in total. The predicted molar refractivity (Wildman–Crippen MR) is 135 cm³/mol. The standard InChI is InChI=1S/C25H46N4O7/c1-20(2)29-22-7-5-4-6-8-23(25(22)27-28-29)36-19-24(31)26-10-12-33-14-16-35-18-17-34-15-13-32-11-9-21(3)30/h20,23,27-28H,4-19H2,1-3H3,(H,26,31). The van der Waals surface area contributed by atoms with Gasteiger partial charge >= 0.3 is 0 Å². The van der Waals surface area contributed by atoms with Gasteiger partial charge in [-0.25, -0.2) is 0 Å². The van der Waals surface area contributed by atoms with Gasteiger partial charge in [-0.3, -0.25) is 14.6 Å². The molecule has 1 aliphatic carbocycles. The normalized spacial score (nSPS) is 18.1. The summed E-state index contributed by atoms with van der Waals surface area (Å²) in [6, 6.07) is 0.335. The van der Waals surface area contributed by atoms with Gasteiger partial charge in [-0.15, -0.1) is 5.53 Å². The zero-order valence-electron chi connectivity index (χ0n) is 22.3. The zero-order chi connectivity index (χ0) is 26.0. The molecule has 1 atom stereocenters. The number of carbonyl (C=O) groups is 2. The number of allylic oxidation sites excluding steroid dienone is 1. The number of carbonyl (C=O) groups excluding carboxylic acids is 2. The van der Waals surface area contributed by atoms with Crippen LogP contribution in [0.1, 0.15) is 59.3 Å². The molecule has 1 unspecified atom stereocenters. The molecule has 2 rings (SSSR count). The average Bonchev–Trinajstić information content (AvgIpc) is 3.24. The van der Waals surface area contributed by atoms with Crippen molar-refractivity contribution in [1.29, 1.82) is 0 Å². The van der Waals surface area contributed by atoms with E-state index >= 15 is 0 Å². The van der Waals surface area contributed by atoms with Gasteiger partial charge in [0.25, 0.3) is 0 Å². The Labute approximate surface area is 215 Å². The molecule has 1 heterocycles. The first-order valence-electron chi connectivity index (χ1n) is 13.2. The summed E-state index contributed by atoms with van der Waals surface area (Å²) in [6.45, 7) is 9.95. The molecule has 1 aliphatic heterocycles. The smallest absolute Gasteiger partial charge is 0.246 e. The van der Waals surface area contributed by atoms with Gasteiger partial charge in [-0.2, -0.15) is 0 Å². The van der Waals surface area contributed by atoms with Crippen molar-refractivity contribution in [2.75, 3.05) is 66.0 Å². The van der Waals surface area contributed by atoms with Crippen molar-refractivity contribution >= 4 is 11.7 Å². The Bertz CT molecular complexity index is 675. The second kappa shape index (κ2) is 18.5. The molecule has 1 amide bonds. The van der Waals surface area contributed by atoms with Crippen LogP contribution in [-0.4, -0.2) is 94.9 Å². The fraction of sp³-hybridized carbons (Fsp3) is 0.840. The highest BCUT2D eigenvalue weighted by Crippen LogP contribution is 2.29. The Morgan fingerprint density at radius 1 is 0.944 bits per heavy atom. The van der Waals surface area contributed by atoms with E-state index in [2.05, 4.69) is 35.1 Å². The number of ketones is 1. The van der Waals surface area contributed by atoms with Crippen LogP contribution in [0.15, 0.2) is 11.4 Å². The van der Waals surface area contributed by atoms with E-state index in [0.29, 0.717) is 71.9 Å². The molecule has 0 bridgehead atoms. The second-order valence-electron chi connectivity index (χ2n) is 9.21. The van der Waals surface area contributed by atoms with Crippen molar-refractivity contribution in [3.8, 4) is 0 Å². The molecule has 208 valence electrons. The van der Waals surface area contributed by atoms with Gasteiger partial charge in [0.15, 0.2) is 0 Å². The summed E-state index contributed by atoms with van der Waals surface area (Å²) in [7, 11) is 0. The van der Waals surface area contributed by atoms with E-state index in [0.717, 1.165) is 31.4 Å². The van der Waals surface area contributed by atoms with E-state index in [1.165, 1.54) is 12.1 Å². The Morgan fingerprint density at radius 3 is 2.22 bits per heavy atom. The summed E-state index contributed by atoms with van der Waals surface area (Å²) in [4.78, 5) is 23.0. The third kappa shape index (κ3) is 12.5. The number of nitrogens with one attached hydrogen (secondary N) is 3. The van der Waals surface area contributed by atoms with Crippen LogP contribution in [0.3, 0.4) is 0 Å². The number of ether oxygens (including phenoxy) is 5. The minimum atomic E-state index is -0.145. The van der Waals surface area contributed by atoms with Crippen molar-refractivity contribution in [2.45, 2.75) is 71.4 Å². The lowest BCUT2D eigenvalue weighted by Gasteiger charge is -2.26. The molecule has 0 radical (unpaired) electrons. The van der Waals surface area contributed by atoms with Crippen LogP contribution in [0.5, 0.6) is 0 Å². The van der Waals surface area contributed by atoms with E-state index < -0.39 is 0 Å². The van der Waals surface area contributed by atoms with Gasteiger partial charge in [0.2, 0.25) is 5.91 Å². The van der Waals surface area contributed by atoms with Crippen molar-refractivity contribution < 1.29 is 33.3 Å². The zero-order valence-corrected chi connectivity index (χ0v) is 22.3.